The van der Waals surface area contributed by atoms with Gasteiger partial charge >= 0.3 is 11.9 Å². The normalized spacial score (nSPS) is 12.0. The lowest BCUT2D eigenvalue weighted by Crippen LogP contribution is -2.39. The Morgan fingerprint density at radius 3 is 1.07 bits per heavy atom. The largest absolute Gasteiger partial charge is 0.480 e. The molecule has 0 saturated heterocycles. The lowest BCUT2D eigenvalue weighted by molar-refractivity contribution is -0.149. The van der Waals surface area contributed by atoms with Gasteiger partial charge in [-0.2, -0.15) is 0 Å². The van der Waals surface area contributed by atoms with E-state index < -0.39 is 18.0 Å². The third-order valence-corrected chi connectivity index (χ3v) is 9.35. The van der Waals surface area contributed by atoms with E-state index in [1.165, 1.54) is 180 Å². The molecular weight excluding hydrogens is 558 g/mol. The number of hydrogen-bond donors (Lipinski definition) is 2. The van der Waals surface area contributed by atoms with Gasteiger partial charge in [-0.05, 0) is 19.4 Å². The number of carboxylic acids is 1. The van der Waals surface area contributed by atoms with Gasteiger partial charge in [-0.1, -0.05) is 206 Å². The summed E-state index contributed by atoms with van der Waals surface area (Å²) < 4.78 is 5.34. The van der Waals surface area contributed by atoms with Crippen LogP contribution in [-0.4, -0.2) is 36.2 Å². The zero-order valence-corrected chi connectivity index (χ0v) is 30.5. The van der Waals surface area contributed by atoms with E-state index in [9.17, 15) is 14.7 Å². The van der Waals surface area contributed by atoms with Gasteiger partial charge in [0, 0.05) is 0 Å². The minimum atomic E-state index is -0.967. The molecule has 45 heavy (non-hydrogen) atoms. The summed E-state index contributed by atoms with van der Waals surface area (Å²) >= 11 is 0. The van der Waals surface area contributed by atoms with Gasteiger partial charge in [0.15, 0.2) is 0 Å². The van der Waals surface area contributed by atoms with Crippen LogP contribution in [0.25, 0.3) is 0 Å². The minimum Gasteiger partial charge on any atom is -0.480 e. The molecule has 0 aromatic heterocycles. The highest BCUT2D eigenvalue weighted by Crippen LogP contribution is 2.15. The van der Waals surface area contributed by atoms with Gasteiger partial charge < -0.3 is 15.2 Å². The molecule has 1 unspecified atom stereocenters. The molecule has 0 aromatic rings. The van der Waals surface area contributed by atoms with E-state index in [4.69, 9.17) is 4.74 Å². The van der Waals surface area contributed by atoms with E-state index in [1.54, 1.807) is 0 Å². The molecule has 5 nitrogen and oxygen atoms in total. The van der Waals surface area contributed by atoms with Crippen molar-refractivity contribution in [3.05, 3.63) is 0 Å². The summed E-state index contributed by atoms with van der Waals surface area (Å²) in [5, 5.41) is 12.6. The molecule has 0 heterocycles. The number of esters is 1. The molecule has 1 atom stereocenters. The molecule has 0 aromatic carbocycles. The first-order chi connectivity index (χ1) is 22.1. The number of rotatable bonds is 38. The first-order valence-corrected chi connectivity index (χ1v) is 20.2. The van der Waals surface area contributed by atoms with Gasteiger partial charge in [-0.15, -0.1) is 0 Å². The van der Waals surface area contributed by atoms with Crippen molar-refractivity contribution in [2.45, 2.75) is 232 Å². The van der Waals surface area contributed by atoms with Gasteiger partial charge in [-0.25, -0.2) is 0 Å². The quantitative estimate of drug-likeness (QED) is 0.0520. The number of nitrogens with one attached hydrogen (secondary N) is 1. The minimum absolute atomic E-state index is 0.0902. The second-order valence-electron chi connectivity index (χ2n) is 13.9. The number of aliphatic carboxylic acids is 1. The average Bonchev–Trinajstić information content (AvgIpc) is 3.03. The fourth-order valence-corrected chi connectivity index (χ4v) is 6.26. The monoisotopic (exact) mass is 638 g/mol. The van der Waals surface area contributed by atoms with Crippen molar-refractivity contribution in [3.63, 3.8) is 0 Å². The van der Waals surface area contributed by atoms with Gasteiger partial charge in [0.1, 0.15) is 6.04 Å². The van der Waals surface area contributed by atoms with Crippen molar-refractivity contribution >= 4 is 11.9 Å². The third-order valence-electron chi connectivity index (χ3n) is 9.35. The Balaban J connectivity index is 3.48. The Bertz CT molecular complexity index is 611. The van der Waals surface area contributed by atoms with Crippen molar-refractivity contribution in [2.75, 3.05) is 13.2 Å². The maximum atomic E-state index is 12.2. The molecule has 0 bridgehead atoms. The topological polar surface area (TPSA) is 75.6 Å². The van der Waals surface area contributed by atoms with E-state index in [-0.39, 0.29) is 6.42 Å². The standard InChI is InChI=1S/C40H79NO4/c1-3-5-7-9-11-13-15-17-19-21-23-25-27-29-31-33-35-41-38(40(43)44)37-39(42)45-36-34-32-30-28-26-24-22-20-18-16-14-12-10-8-6-4-2/h38,41H,3-37H2,1-2H3,(H,43,44). The molecular formula is C40H79NO4. The summed E-state index contributed by atoms with van der Waals surface area (Å²) in [6.07, 6.45) is 42.1. The molecule has 0 spiro atoms. The van der Waals surface area contributed by atoms with Crippen LogP contribution in [0.5, 0.6) is 0 Å². The van der Waals surface area contributed by atoms with Crippen LogP contribution in [0.15, 0.2) is 0 Å². The first-order valence-electron chi connectivity index (χ1n) is 20.2. The van der Waals surface area contributed by atoms with Crippen molar-refractivity contribution in [1.82, 2.24) is 5.32 Å². The maximum absolute atomic E-state index is 12.2. The van der Waals surface area contributed by atoms with Gasteiger partial charge in [-0.3, -0.25) is 9.59 Å². The third kappa shape index (κ3) is 35.6. The van der Waals surface area contributed by atoms with Crippen LogP contribution in [0.1, 0.15) is 226 Å². The number of hydrogen-bond acceptors (Lipinski definition) is 4. The first kappa shape index (κ1) is 43.9. The Morgan fingerprint density at radius 2 is 0.756 bits per heavy atom. The molecule has 268 valence electrons. The van der Waals surface area contributed by atoms with Crippen molar-refractivity contribution in [3.8, 4) is 0 Å². The van der Waals surface area contributed by atoms with E-state index in [0.29, 0.717) is 13.2 Å². The molecule has 0 saturated carbocycles. The summed E-state index contributed by atoms with van der Waals surface area (Å²) in [6, 6.07) is -0.848. The van der Waals surface area contributed by atoms with Crippen LogP contribution in [0.2, 0.25) is 0 Å². The summed E-state index contributed by atoms with van der Waals surface area (Å²) in [7, 11) is 0. The van der Waals surface area contributed by atoms with Crippen LogP contribution in [0.4, 0.5) is 0 Å². The van der Waals surface area contributed by atoms with Crippen molar-refractivity contribution in [2.24, 2.45) is 0 Å². The van der Waals surface area contributed by atoms with Crippen LogP contribution < -0.4 is 5.32 Å². The Hall–Kier alpha value is -1.10. The smallest absolute Gasteiger partial charge is 0.321 e. The number of carbonyl (C=O) groups is 2. The van der Waals surface area contributed by atoms with Crippen LogP contribution >= 0.6 is 0 Å². The summed E-state index contributed by atoms with van der Waals surface area (Å²) in [5.41, 5.74) is 0. The van der Waals surface area contributed by atoms with E-state index in [0.717, 1.165) is 25.7 Å². The molecule has 0 aliphatic heterocycles. The second kappa shape index (κ2) is 37.4. The highest BCUT2D eigenvalue weighted by molar-refractivity contribution is 5.81. The highest BCUT2D eigenvalue weighted by atomic mass is 16.5. The Kier molecular flexibility index (Phi) is 36.4. The predicted octanol–water partition coefficient (Wildman–Crippen LogP) is 12.5. The fourth-order valence-electron chi connectivity index (χ4n) is 6.26. The Labute approximate surface area is 281 Å². The molecule has 0 radical (unpaired) electrons. The van der Waals surface area contributed by atoms with E-state index in [1.807, 2.05) is 0 Å². The summed E-state index contributed by atoms with van der Waals surface area (Å²) in [4.78, 5) is 23.8. The zero-order valence-electron chi connectivity index (χ0n) is 30.5. The molecule has 0 aliphatic rings. The van der Waals surface area contributed by atoms with Crippen molar-refractivity contribution in [1.29, 1.82) is 0 Å². The molecule has 0 rings (SSSR count). The number of unbranched alkanes of at least 4 members (excludes halogenated alkanes) is 30. The lowest BCUT2D eigenvalue weighted by Gasteiger charge is -2.14. The number of carboxylic acid groups (broad SMARTS) is 1. The molecule has 5 heteroatoms. The van der Waals surface area contributed by atoms with E-state index >= 15 is 0 Å². The van der Waals surface area contributed by atoms with Crippen molar-refractivity contribution < 1.29 is 19.4 Å². The summed E-state index contributed by atoms with van der Waals surface area (Å²) in [5.74, 6) is -1.37. The summed E-state index contributed by atoms with van der Waals surface area (Å²) in [6.45, 7) is 5.60. The second-order valence-corrected chi connectivity index (χ2v) is 13.9. The van der Waals surface area contributed by atoms with Crippen LogP contribution in [0.3, 0.4) is 0 Å². The fraction of sp³-hybridized carbons (Fsp3) is 0.950. The lowest BCUT2D eigenvalue weighted by atomic mass is 10.0. The molecule has 0 fully saturated rings. The maximum Gasteiger partial charge on any atom is 0.321 e. The average molecular weight is 638 g/mol. The Morgan fingerprint density at radius 1 is 0.467 bits per heavy atom. The highest BCUT2D eigenvalue weighted by Gasteiger charge is 2.21. The van der Waals surface area contributed by atoms with Crippen LogP contribution in [-0.2, 0) is 14.3 Å². The zero-order chi connectivity index (χ0) is 32.9. The molecule has 0 aliphatic carbocycles. The SMILES string of the molecule is CCCCCCCCCCCCCCCCCCNC(CC(=O)OCCCCCCCCCCCCCCCCCC)C(=O)O. The number of carbonyl (C=O) groups excluding carboxylic acids is 1. The van der Waals surface area contributed by atoms with Gasteiger partial charge in [0.2, 0.25) is 0 Å². The molecule has 0 amide bonds. The van der Waals surface area contributed by atoms with Gasteiger partial charge in [0.05, 0.1) is 13.0 Å². The van der Waals surface area contributed by atoms with Gasteiger partial charge in [0.25, 0.3) is 0 Å². The predicted molar refractivity (Wildman–Crippen MR) is 194 cm³/mol. The van der Waals surface area contributed by atoms with Crippen LogP contribution in [0, 0.1) is 0 Å². The molecule has 2 N–H and O–H groups in total. The number of ether oxygens (including phenoxy) is 1. The van der Waals surface area contributed by atoms with E-state index in [2.05, 4.69) is 19.2 Å².